The van der Waals surface area contributed by atoms with Crippen molar-refractivity contribution in [1.82, 2.24) is 14.9 Å². The average Bonchev–Trinajstić information content (AvgIpc) is 2.88. The lowest BCUT2D eigenvalue weighted by Crippen LogP contribution is -2.37. The summed E-state index contributed by atoms with van der Waals surface area (Å²) in [6.07, 6.45) is 6.70. The van der Waals surface area contributed by atoms with Gasteiger partial charge in [0.2, 0.25) is 0 Å². The van der Waals surface area contributed by atoms with Crippen LogP contribution in [0.3, 0.4) is 0 Å². The minimum Gasteiger partial charge on any atom is -0.337 e. The molecular formula is C15H20ClN3. The first-order valence-electron chi connectivity index (χ1n) is 6.55. The van der Waals surface area contributed by atoms with Crippen molar-refractivity contribution in [2.45, 2.75) is 32.4 Å². The first-order valence-corrected chi connectivity index (χ1v) is 6.93. The van der Waals surface area contributed by atoms with E-state index in [1.165, 1.54) is 0 Å². The van der Waals surface area contributed by atoms with Crippen molar-refractivity contribution in [1.29, 1.82) is 0 Å². The molecular weight excluding hydrogens is 258 g/mol. The van der Waals surface area contributed by atoms with Gasteiger partial charge in [-0.1, -0.05) is 29.8 Å². The summed E-state index contributed by atoms with van der Waals surface area (Å²) in [5.74, 6) is 0. The summed E-state index contributed by atoms with van der Waals surface area (Å²) in [7, 11) is 0. The standard InChI is InChI=1S/C15H20ClN3/c1-15(2,13-6-3-4-7-14(13)16)18-8-5-10-19-11-9-17-12-19/h3-4,6-7,9,11-12,18H,5,8,10H2,1-2H3. The quantitative estimate of drug-likeness (QED) is 0.820. The van der Waals surface area contributed by atoms with Gasteiger partial charge in [-0.05, 0) is 38.4 Å². The van der Waals surface area contributed by atoms with Gasteiger partial charge >= 0.3 is 0 Å². The lowest BCUT2D eigenvalue weighted by Gasteiger charge is -2.28. The lowest BCUT2D eigenvalue weighted by atomic mass is 9.94. The van der Waals surface area contributed by atoms with Crippen LogP contribution in [0, 0.1) is 0 Å². The molecule has 0 unspecified atom stereocenters. The number of hydrogen-bond donors (Lipinski definition) is 1. The van der Waals surface area contributed by atoms with Crippen LogP contribution in [-0.2, 0) is 12.1 Å². The van der Waals surface area contributed by atoms with Crippen molar-refractivity contribution >= 4 is 11.6 Å². The molecule has 0 radical (unpaired) electrons. The van der Waals surface area contributed by atoms with Crippen LogP contribution in [0.1, 0.15) is 25.8 Å². The van der Waals surface area contributed by atoms with Gasteiger partial charge in [-0.3, -0.25) is 0 Å². The van der Waals surface area contributed by atoms with Crippen molar-refractivity contribution < 1.29 is 0 Å². The molecule has 0 aliphatic heterocycles. The number of imidazole rings is 1. The number of hydrogen-bond acceptors (Lipinski definition) is 2. The van der Waals surface area contributed by atoms with E-state index in [2.05, 4.69) is 34.8 Å². The summed E-state index contributed by atoms with van der Waals surface area (Å²) < 4.78 is 2.09. The zero-order valence-electron chi connectivity index (χ0n) is 11.4. The molecule has 0 bridgehead atoms. The Hall–Kier alpha value is -1.32. The van der Waals surface area contributed by atoms with Gasteiger partial charge in [-0.2, -0.15) is 0 Å². The van der Waals surface area contributed by atoms with Gasteiger partial charge < -0.3 is 9.88 Å². The van der Waals surface area contributed by atoms with Gasteiger partial charge in [0.15, 0.2) is 0 Å². The normalized spacial score (nSPS) is 11.7. The summed E-state index contributed by atoms with van der Waals surface area (Å²) >= 11 is 6.25. The molecule has 1 N–H and O–H groups in total. The minimum absolute atomic E-state index is 0.118. The maximum atomic E-state index is 6.25. The molecule has 0 aliphatic carbocycles. The third kappa shape index (κ3) is 3.82. The largest absolute Gasteiger partial charge is 0.337 e. The molecule has 0 spiro atoms. The van der Waals surface area contributed by atoms with E-state index >= 15 is 0 Å². The SMILES string of the molecule is CC(C)(NCCCn1ccnc1)c1ccccc1Cl. The van der Waals surface area contributed by atoms with Crippen LogP contribution in [0.4, 0.5) is 0 Å². The molecule has 1 aromatic heterocycles. The molecule has 1 heterocycles. The molecule has 2 rings (SSSR count). The predicted octanol–water partition coefficient (Wildman–Crippen LogP) is 3.45. The molecule has 19 heavy (non-hydrogen) atoms. The molecule has 0 aliphatic rings. The minimum atomic E-state index is -0.118. The van der Waals surface area contributed by atoms with Crippen LogP contribution < -0.4 is 5.32 Å². The number of benzene rings is 1. The zero-order chi connectivity index (χ0) is 13.7. The van der Waals surface area contributed by atoms with Crippen molar-refractivity contribution in [3.63, 3.8) is 0 Å². The molecule has 2 aromatic rings. The van der Waals surface area contributed by atoms with Crippen molar-refractivity contribution in [2.24, 2.45) is 0 Å². The Bertz CT molecular complexity index is 506. The van der Waals surface area contributed by atoms with Crippen molar-refractivity contribution in [3.05, 3.63) is 53.6 Å². The van der Waals surface area contributed by atoms with Crippen LogP contribution in [-0.4, -0.2) is 16.1 Å². The number of rotatable bonds is 6. The van der Waals surface area contributed by atoms with Crippen LogP contribution >= 0.6 is 11.6 Å². The highest BCUT2D eigenvalue weighted by Crippen LogP contribution is 2.27. The van der Waals surface area contributed by atoms with E-state index in [1.54, 1.807) is 6.20 Å². The third-order valence-electron chi connectivity index (χ3n) is 3.27. The summed E-state index contributed by atoms with van der Waals surface area (Å²) in [4.78, 5) is 4.03. The molecule has 102 valence electrons. The summed E-state index contributed by atoms with van der Waals surface area (Å²) in [5.41, 5.74) is 1.02. The number of aryl methyl sites for hydroxylation is 1. The maximum absolute atomic E-state index is 6.25. The van der Waals surface area contributed by atoms with Crippen LogP contribution in [0.5, 0.6) is 0 Å². The van der Waals surface area contributed by atoms with E-state index in [4.69, 9.17) is 11.6 Å². The Kier molecular flexibility index (Phi) is 4.61. The van der Waals surface area contributed by atoms with E-state index in [9.17, 15) is 0 Å². The van der Waals surface area contributed by atoms with Gasteiger partial charge in [0.25, 0.3) is 0 Å². The van der Waals surface area contributed by atoms with Crippen LogP contribution in [0.15, 0.2) is 43.0 Å². The molecule has 0 saturated carbocycles. The lowest BCUT2D eigenvalue weighted by molar-refractivity contribution is 0.393. The molecule has 4 heteroatoms. The fourth-order valence-electron chi connectivity index (χ4n) is 2.14. The number of nitrogens with one attached hydrogen (secondary N) is 1. The second kappa shape index (κ2) is 6.22. The third-order valence-corrected chi connectivity index (χ3v) is 3.60. The van der Waals surface area contributed by atoms with Crippen molar-refractivity contribution in [3.8, 4) is 0 Å². The molecule has 0 atom stereocenters. The first kappa shape index (κ1) is 14.1. The summed E-state index contributed by atoms with van der Waals surface area (Å²) in [6, 6.07) is 7.99. The second-order valence-electron chi connectivity index (χ2n) is 5.19. The van der Waals surface area contributed by atoms with E-state index in [0.29, 0.717) is 0 Å². The molecule has 3 nitrogen and oxygen atoms in total. The molecule has 1 aromatic carbocycles. The van der Waals surface area contributed by atoms with Gasteiger partial charge in [0.05, 0.1) is 6.33 Å². The van der Waals surface area contributed by atoms with E-state index < -0.39 is 0 Å². The Labute approximate surface area is 119 Å². The Morgan fingerprint density at radius 1 is 1.32 bits per heavy atom. The first-order chi connectivity index (χ1) is 9.09. The topological polar surface area (TPSA) is 29.9 Å². The van der Waals surface area contributed by atoms with E-state index in [-0.39, 0.29) is 5.54 Å². The highest BCUT2D eigenvalue weighted by atomic mass is 35.5. The highest BCUT2D eigenvalue weighted by molar-refractivity contribution is 6.31. The van der Waals surface area contributed by atoms with E-state index in [1.807, 2.05) is 30.7 Å². The zero-order valence-corrected chi connectivity index (χ0v) is 12.2. The second-order valence-corrected chi connectivity index (χ2v) is 5.59. The number of halogens is 1. The van der Waals surface area contributed by atoms with Gasteiger partial charge in [-0.15, -0.1) is 0 Å². The van der Waals surface area contributed by atoms with Gasteiger partial charge in [0, 0.05) is 29.5 Å². The average molecular weight is 278 g/mol. The summed E-state index contributed by atoms with van der Waals surface area (Å²) in [6.45, 7) is 6.23. The fourth-order valence-corrected chi connectivity index (χ4v) is 2.52. The molecule has 0 amide bonds. The van der Waals surface area contributed by atoms with Crippen LogP contribution in [0.2, 0.25) is 5.02 Å². The van der Waals surface area contributed by atoms with E-state index in [0.717, 1.165) is 30.1 Å². The fraction of sp³-hybridized carbons (Fsp3) is 0.400. The summed E-state index contributed by atoms with van der Waals surface area (Å²) in [5, 5.41) is 4.37. The number of aromatic nitrogens is 2. The Morgan fingerprint density at radius 2 is 2.11 bits per heavy atom. The maximum Gasteiger partial charge on any atom is 0.0945 e. The Balaban J connectivity index is 1.86. The smallest absolute Gasteiger partial charge is 0.0945 e. The van der Waals surface area contributed by atoms with Crippen LogP contribution in [0.25, 0.3) is 0 Å². The Morgan fingerprint density at radius 3 is 2.79 bits per heavy atom. The highest BCUT2D eigenvalue weighted by Gasteiger charge is 2.21. The van der Waals surface area contributed by atoms with Crippen molar-refractivity contribution in [2.75, 3.05) is 6.54 Å². The van der Waals surface area contributed by atoms with Gasteiger partial charge in [0.1, 0.15) is 0 Å². The monoisotopic (exact) mass is 277 g/mol. The van der Waals surface area contributed by atoms with Gasteiger partial charge in [-0.25, -0.2) is 4.98 Å². The predicted molar refractivity (Wildman–Crippen MR) is 79.3 cm³/mol. The molecule has 0 saturated heterocycles. The molecule has 0 fully saturated rings. The number of nitrogens with zero attached hydrogens (tertiary/aromatic N) is 2.